The van der Waals surface area contributed by atoms with E-state index in [0.717, 1.165) is 33.9 Å². The predicted octanol–water partition coefficient (Wildman–Crippen LogP) is 4.30. The summed E-state index contributed by atoms with van der Waals surface area (Å²) in [5.41, 5.74) is 9.77. The Bertz CT molecular complexity index is 1450. The van der Waals surface area contributed by atoms with Crippen molar-refractivity contribution in [1.29, 1.82) is 0 Å². The molecule has 0 saturated carbocycles. The van der Waals surface area contributed by atoms with Crippen LogP contribution in [0.15, 0.2) is 42.5 Å². The van der Waals surface area contributed by atoms with Crippen molar-refractivity contribution >= 4 is 27.0 Å². The summed E-state index contributed by atoms with van der Waals surface area (Å²) in [6.07, 6.45) is 1.70. The predicted molar refractivity (Wildman–Crippen MR) is 129 cm³/mol. The van der Waals surface area contributed by atoms with Gasteiger partial charge in [-0.25, -0.2) is 26.7 Å². The zero-order valence-electron chi connectivity index (χ0n) is 19.0. The van der Waals surface area contributed by atoms with E-state index in [0.29, 0.717) is 35.5 Å². The molecule has 0 unspecified atom stereocenters. The van der Waals surface area contributed by atoms with E-state index >= 15 is 0 Å². The fourth-order valence-corrected chi connectivity index (χ4v) is 5.43. The summed E-state index contributed by atoms with van der Waals surface area (Å²) >= 11 is 0. The normalized spacial score (nSPS) is 15.4. The highest BCUT2D eigenvalue weighted by Crippen LogP contribution is 2.36. The van der Waals surface area contributed by atoms with Crippen molar-refractivity contribution < 1.29 is 17.5 Å². The highest BCUT2D eigenvalue weighted by atomic mass is 32.2. The lowest BCUT2D eigenvalue weighted by Crippen LogP contribution is -2.23. The number of nitrogens with zero attached hydrogens (tertiary/aromatic N) is 3. The molecule has 3 heterocycles. The molecule has 178 valence electrons. The molecule has 0 atom stereocenters. The molecule has 2 aromatic carbocycles. The van der Waals surface area contributed by atoms with Gasteiger partial charge in [0.25, 0.3) is 0 Å². The van der Waals surface area contributed by atoms with Gasteiger partial charge >= 0.3 is 0 Å². The van der Waals surface area contributed by atoms with Crippen LogP contribution in [0, 0.1) is 5.82 Å². The molecule has 1 saturated heterocycles. The van der Waals surface area contributed by atoms with Crippen LogP contribution in [0.2, 0.25) is 0 Å². The second-order valence-corrected chi connectivity index (χ2v) is 11.1. The van der Waals surface area contributed by atoms with Gasteiger partial charge in [0.1, 0.15) is 11.6 Å². The van der Waals surface area contributed by atoms with E-state index in [9.17, 15) is 12.8 Å². The molecule has 5 rings (SSSR count). The highest BCUT2D eigenvalue weighted by molar-refractivity contribution is 7.90. The van der Waals surface area contributed by atoms with Crippen molar-refractivity contribution in [2.24, 2.45) is 0 Å². The number of nitrogen functional groups attached to an aromatic ring is 1. The van der Waals surface area contributed by atoms with Crippen molar-refractivity contribution in [2.75, 3.05) is 18.9 Å². The molecule has 0 spiro atoms. The van der Waals surface area contributed by atoms with Crippen LogP contribution in [0.4, 0.5) is 10.3 Å². The first kappa shape index (κ1) is 22.5. The average Bonchev–Trinajstić information content (AvgIpc) is 3.40. The third-order valence-electron chi connectivity index (χ3n) is 6.22. The second kappa shape index (κ2) is 8.52. The minimum Gasteiger partial charge on any atom is -0.381 e. The number of aromatic amines is 1. The van der Waals surface area contributed by atoms with Crippen molar-refractivity contribution in [3.63, 3.8) is 0 Å². The summed E-state index contributed by atoms with van der Waals surface area (Å²) in [5, 5.41) is -0.670. The van der Waals surface area contributed by atoms with Crippen LogP contribution in [0.1, 0.15) is 38.4 Å². The second-order valence-electron chi connectivity index (χ2n) is 8.77. The molecular formula is C24H26FN5O3S. The maximum absolute atomic E-state index is 13.6. The van der Waals surface area contributed by atoms with Gasteiger partial charge < -0.3 is 15.5 Å². The number of H-pyrrole nitrogens is 1. The Morgan fingerprint density at radius 1 is 1.09 bits per heavy atom. The topological polar surface area (TPSA) is 116 Å². The van der Waals surface area contributed by atoms with E-state index < -0.39 is 15.3 Å². The SMILES string of the molecule is CC(C)S(=O)(=O)n1c(N)nc2ccc(-c3nc(C4CCOCC4)[nH]c3-c3ccc(F)cc3)cc21. The van der Waals surface area contributed by atoms with Gasteiger partial charge in [-0.2, -0.15) is 0 Å². The molecule has 10 heteroatoms. The number of hydrogen-bond donors (Lipinski definition) is 2. The summed E-state index contributed by atoms with van der Waals surface area (Å²) in [6, 6.07) is 11.5. The molecular weight excluding hydrogens is 457 g/mol. The monoisotopic (exact) mass is 483 g/mol. The van der Waals surface area contributed by atoms with Crippen LogP contribution in [-0.4, -0.2) is 45.8 Å². The zero-order valence-corrected chi connectivity index (χ0v) is 19.8. The number of imidazole rings is 2. The summed E-state index contributed by atoms with van der Waals surface area (Å²) in [7, 11) is -3.72. The zero-order chi connectivity index (χ0) is 24.0. The Labute approximate surface area is 197 Å². The van der Waals surface area contributed by atoms with Gasteiger partial charge in [0.15, 0.2) is 0 Å². The Balaban J connectivity index is 1.70. The number of ether oxygens (including phenoxy) is 1. The van der Waals surface area contributed by atoms with E-state index in [4.69, 9.17) is 15.5 Å². The summed E-state index contributed by atoms with van der Waals surface area (Å²) in [6.45, 7) is 4.55. The van der Waals surface area contributed by atoms with Crippen LogP contribution >= 0.6 is 0 Å². The van der Waals surface area contributed by atoms with Gasteiger partial charge in [-0.15, -0.1) is 0 Å². The first-order chi connectivity index (χ1) is 16.3. The molecule has 2 aromatic heterocycles. The summed E-state index contributed by atoms with van der Waals surface area (Å²) in [5.74, 6) is 0.646. The molecule has 1 aliphatic rings. The molecule has 0 bridgehead atoms. The number of halogens is 1. The maximum Gasteiger partial charge on any atom is 0.244 e. The number of fused-ring (bicyclic) bond motifs is 1. The molecule has 0 amide bonds. The number of hydrogen-bond acceptors (Lipinski definition) is 6. The van der Waals surface area contributed by atoms with Crippen LogP contribution in [-0.2, 0) is 14.8 Å². The molecule has 0 aliphatic carbocycles. The fourth-order valence-electron chi connectivity index (χ4n) is 4.29. The average molecular weight is 484 g/mol. The third-order valence-corrected chi connectivity index (χ3v) is 8.31. The van der Waals surface area contributed by atoms with Crippen LogP contribution < -0.4 is 5.73 Å². The Hall–Kier alpha value is -3.24. The van der Waals surface area contributed by atoms with Gasteiger partial charge in [0.2, 0.25) is 16.0 Å². The number of nitrogens with two attached hydrogens (primary N) is 1. The van der Waals surface area contributed by atoms with Crippen LogP contribution in [0.3, 0.4) is 0 Å². The number of rotatable bonds is 5. The van der Waals surface area contributed by atoms with Crippen molar-refractivity contribution in [3.05, 3.63) is 54.1 Å². The number of benzene rings is 2. The van der Waals surface area contributed by atoms with Crippen molar-refractivity contribution in [3.8, 4) is 22.5 Å². The van der Waals surface area contributed by atoms with E-state index in [1.54, 1.807) is 38.1 Å². The molecule has 4 aromatic rings. The van der Waals surface area contributed by atoms with E-state index in [1.165, 1.54) is 12.1 Å². The van der Waals surface area contributed by atoms with Gasteiger partial charge in [-0.3, -0.25) is 0 Å². The van der Waals surface area contributed by atoms with Crippen LogP contribution in [0.25, 0.3) is 33.5 Å². The lowest BCUT2D eigenvalue weighted by Gasteiger charge is -2.19. The molecule has 1 aliphatic heterocycles. The largest absolute Gasteiger partial charge is 0.381 e. The van der Waals surface area contributed by atoms with E-state index in [2.05, 4.69) is 9.97 Å². The van der Waals surface area contributed by atoms with Crippen LogP contribution in [0.5, 0.6) is 0 Å². The third kappa shape index (κ3) is 3.86. The van der Waals surface area contributed by atoms with Crippen molar-refractivity contribution in [2.45, 2.75) is 37.9 Å². The molecule has 34 heavy (non-hydrogen) atoms. The lowest BCUT2D eigenvalue weighted by atomic mass is 10.00. The van der Waals surface area contributed by atoms with E-state index in [1.807, 2.05) is 6.07 Å². The van der Waals surface area contributed by atoms with Gasteiger partial charge in [0.05, 0.1) is 27.7 Å². The highest BCUT2D eigenvalue weighted by Gasteiger charge is 2.26. The summed E-state index contributed by atoms with van der Waals surface area (Å²) < 4.78 is 46.2. The maximum atomic E-state index is 13.6. The smallest absolute Gasteiger partial charge is 0.244 e. The fraction of sp³-hybridized carbons (Fsp3) is 0.333. The molecule has 3 N–H and O–H groups in total. The molecule has 0 radical (unpaired) electrons. The van der Waals surface area contributed by atoms with Gasteiger partial charge in [-0.05, 0) is 63.1 Å². The Morgan fingerprint density at radius 3 is 2.44 bits per heavy atom. The minimum absolute atomic E-state index is 0.0791. The summed E-state index contributed by atoms with van der Waals surface area (Å²) in [4.78, 5) is 12.6. The standard InChI is InChI=1S/C24H26FN5O3S/c1-14(2)34(31,32)30-20-13-17(5-8-19(20)27-24(30)26)22-21(15-3-6-18(25)7-4-15)28-23(29-22)16-9-11-33-12-10-16/h3-8,13-14,16H,9-12H2,1-2H3,(H2,26,27)(H,28,29). The van der Waals surface area contributed by atoms with E-state index in [-0.39, 0.29) is 17.7 Å². The molecule has 8 nitrogen and oxygen atoms in total. The van der Waals surface area contributed by atoms with Gasteiger partial charge in [-0.1, -0.05) is 6.07 Å². The minimum atomic E-state index is -3.72. The van der Waals surface area contributed by atoms with Gasteiger partial charge in [0, 0.05) is 30.3 Å². The molecule has 1 fully saturated rings. The first-order valence-corrected chi connectivity index (χ1v) is 12.7. The first-order valence-electron chi connectivity index (χ1n) is 11.2. The number of anilines is 1. The number of aromatic nitrogens is 4. The van der Waals surface area contributed by atoms with Crippen molar-refractivity contribution in [1.82, 2.24) is 18.9 Å². The Kier molecular flexibility index (Phi) is 5.65. The lowest BCUT2D eigenvalue weighted by molar-refractivity contribution is 0.0838. The Morgan fingerprint density at radius 2 is 1.76 bits per heavy atom. The quantitative estimate of drug-likeness (QED) is 0.437. The number of nitrogens with one attached hydrogen (secondary N) is 1.